The van der Waals surface area contributed by atoms with Crippen molar-refractivity contribution in [2.45, 2.75) is 45.6 Å². The largest absolute Gasteiger partial charge is 0.330 e. The quantitative estimate of drug-likeness (QED) is 0.761. The summed E-state index contributed by atoms with van der Waals surface area (Å²) in [7, 11) is 0. The fourth-order valence-corrected chi connectivity index (χ4v) is 1.94. The van der Waals surface area contributed by atoms with Gasteiger partial charge < -0.3 is 11.1 Å². The predicted molar refractivity (Wildman–Crippen MR) is 75.3 cm³/mol. The molecule has 0 aromatic heterocycles. The molecule has 2 heteroatoms. The van der Waals surface area contributed by atoms with Crippen molar-refractivity contribution < 1.29 is 0 Å². The van der Waals surface area contributed by atoms with E-state index < -0.39 is 0 Å². The second kappa shape index (κ2) is 6.77. The van der Waals surface area contributed by atoms with Crippen LogP contribution in [0, 0.1) is 0 Å². The Bertz CT molecular complexity index is 314. The number of hydrogen-bond donors (Lipinski definition) is 2. The molecule has 0 radical (unpaired) electrons. The number of rotatable bonds is 7. The highest BCUT2D eigenvalue weighted by Gasteiger charge is 2.14. The molecule has 1 aromatic carbocycles. The molecule has 0 aliphatic rings. The molecule has 0 amide bonds. The average molecular weight is 234 g/mol. The molecule has 0 aliphatic carbocycles. The Balaban J connectivity index is 2.35. The van der Waals surface area contributed by atoms with Gasteiger partial charge in [-0.15, -0.1) is 0 Å². The first-order chi connectivity index (χ1) is 8.07. The first-order valence-corrected chi connectivity index (χ1v) is 6.60. The van der Waals surface area contributed by atoms with E-state index in [9.17, 15) is 0 Å². The second-order valence-corrected chi connectivity index (χ2v) is 5.27. The van der Waals surface area contributed by atoms with Crippen molar-refractivity contribution >= 4 is 0 Å². The van der Waals surface area contributed by atoms with Crippen LogP contribution in [0.4, 0.5) is 0 Å². The van der Waals surface area contributed by atoms with Gasteiger partial charge in [-0.05, 0) is 57.3 Å². The van der Waals surface area contributed by atoms with Crippen molar-refractivity contribution in [2.75, 3.05) is 13.1 Å². The minimum atomic E-state index is 0.151. The van der Waals surface area contributed by atoms with E-state index in [0.29, 0.717) is 0 Å². The van der Waals surface area contributed by atoms with Crippen molar-refractivity contribution in [1.82, 2.24) is 5.32 Å². The van der Waals surface area contributed by atoms with Gasteiger partial charge in [0.1, 0.15) is 0 Å². The molecule has 0 atom stereocenters. The number of nitrogens with one attached hydrogen (secondary N) is 1. The Morgan fingerprint density at radius 2 is 1.71 bits per heavy atom. The summed E-state index contributed by atoms with van der Waals surface area (Å²) in [4.78, 5) is 0. The fourth-order valence-electron chi connectivity index (χ4n) is 1.94. The molecule has 0 aliphatic heterocycles. The van der Waals surface area contributed by atoms with Gasteiger partial charge in [-0.2, -0.15) is 0 Å². The second-order valence-electron chi connectivity index (χ2n) is 5.27. The van der Waals surface area contributed by atoms with Gasteiger partial charge in [0.05, 0.1) is 0 Å². The molecule has 0 saturated heterocycles. The number of aryl methyl sites for hydroxylation is 1. The Labute approximate surface area is 106 Å². The van der Waals surface area contributed by atoms with Gasteiger partial charge in [-0.25, -0.2) is 0 Å². The fraction of sp³-hybridized carbons (Fsp3) is 0.600. The van der Waals surface area contributed by atoms with Crippen LogP contribution in [-0.2, 0) is 12.8 Å². The number of benzene rings is 1. The van der Waals surface area contributed by atoms with Crippen molar-refractivity contribution in [3.05, 3.63) is 35.4 Å². The molecule has 0 bridgehead atoms. The number of hydrogen-bond acceptors (Lipinski definition) is 2. The SMILES string of the molecule is CCc1ccc(CCNC(C)(C)CCN)cc1. The maximum Gasteiger partial charge on any atom is 0.0137 e. The van der Waals surface area contributed by atoms with Crippen LogP contribution in [0.15, 0.2) is 24.3 Å². The highest BCUT2D eigenvalue weighted by atomic mass is 14.9. The average Bonchev–Trinajstić information content (AvgIpc) is 2.29. The summed E-state index contributed by atoms with van der Waals surface area (Å²) in [5.74, 6) is 0. The molecule has 0 fully saturated rings. The minimum absolute atomic E-state index is 0.151. The van der Waals surface area contributed by atoms with Gasteiger partial charge in [-0.1, -0.05) is 31.2 Å². The maximum absolute atomic E-state index is 5.59. The third-order valence-corrected chi connectivity index (χ3v) is 3.22. The zero-order valence-corrected chi connectivity index (χ0v) is 11.4. The van der Waals surface area contributed by atoms with E-state index in [1.807, 2.05) is 0 Å². The lowest BCUT2D eigenvalue weighted by molar-refractivity contribution is 0.370. The summed E-state index contributed by atoms with van der Waals surface area (Å²) in [6.07, 6.45) is 3.21. The predicted octanol–water partition coefficient (Wildman–Crippen LogP) is 2.51. The minimum Gasteiger partial charge on any atom is -0.330 e. The van der Waals surface area contributed by atoms with Gasteiger partial charge in [0.2, 0.25) is 0 Å². The van der Waals surface area contributed by atoms with E-state index in [4.69, 9.17) is 5.73 Å². The molecule has 17 heavy (non-hydrogen) atoms. The van der Waals surface area contributed by atoms with E-state index in [1.54, 1.807) is 0 Å². The zero-order valence-electron chi connectivity index (χ0n) is 11.4. The summed E-state index contributed by atoms with van der Waals surface area (Å²) < 4.78 is 0. The van der Waals surface area contributed by atoms with Gasteiger partial charge in [0.25, 0.3) is 0 Å². The first kappa shape index (κ1) is 14.2. The topological polar surface area (TPSA) is 38.0 Å². The van der Waals surface area contributed by atoms with Crippen LogP contribution in [0.5, 0.6) is 0 Å². The van der Waals surface area contributed by atoms with Crippen molar-refractivity contribution in [1.29, 1.82) is 0 Å². The van der Waals surface area contributed by atoms with Gasteiger partial charge in [-0.3, -0.25) is 0 Å². The van der Waals surface area contributed by atoms with Crippen LogP contribution in [0.25, 0.3) is 0 Å². The summed E-state index contributed by atoms with van der Waals surface area (Å²) >= 11 is 0. The summed E-state index contributed by atoms with van der Waals surface area (Å²) in [6, 6.07) is 8.91. The molecule has 96 valence electrons. The molecular weight excluding hydrogens is 208 g/mol. The van der Waals surface area contributed by atoms with Gasteiger partial charge in [0, 0.05) is 5.54 Å². The number of nitrogens with two attached hydrogens (primary N) is 1. The van der Waals surface area contributed by atoms with Crippen LogP contribution in [-0.4, -0.2) is 18.6 Å². The highest BCUT2D eigenvalue weighted by molar-refractivity contribution is 5.22. The zero-order chi connectivity index (χ0) is 12.7. The molecule has 0 unspecified atom stereocenters. The Hall–Kier alpha value is -0.860. The molecule has 1 aromatic rings. The van der Waals surface area contributed by atoms with Crippen LogP contribution in [0.2, 0.25) is 0 Å². The maximum atomic E-state index is 5.59. The first-order valence-electron chi connectivity index (χ1n) is 6.60. The van der Waals surface area contributed by atoms with Gasteiger partial charge in [0.15, 0.2) is 0 Å². The van der Waals surface area contributed by atoms with Crippen LogP contribution < -0.4 is 11.1 Å². The van der Waals surface area contributed by atoms with Crippen molar-refractivity contribution in [3.63, 3.8) is 0 Å². The Morgan fingerprint density at radius 3 is 2.24 bits per heavy atom. The lowest BCUT2D eigenvalue weighted by Crippen LogP contribution is -2.41. The smallest absolute Gasteiger partial charge is 0.0137 e. The normalized spacial score (nSPS) is 11.8. The van der Waals surface area contributed by atoms with E-state index in [1.165, 1.54) is 11.1 Å². The molecule has 3 N–H and O–H groups in total. The summed E-state index contributed by atoms with van der Waals surface area (Å²) in [5.41, 5.74) is 8.55. The summed E-state index contributed by atoms with van der Waals surface area (Å²) in [6.45, 7) is 8.36. The lowest BCUT2D eigenvalue weighted by Gasteiger charge is -2.25. The molecule has 0 spiro atoms. The van der Waals surface area contributed by atoms with Crippen molar-refractivity contribution in [2.24, 2.45) is 5.73 Å². The van der Waals surface area contributed by atoms with Crippen molar-refractivity contribution in [3.8, 4) is 0 Å². The molecule has 0 saturated carbocycles. The molecule has 1 rings (SSSR count). The summed E-state index contributed by atoms with van der Waals surface area (Å²) in [5, 5.41) is 3.56. The lowest BCUT2D eigenvalue weighted by atomic mass is 10.00. The van der Waals surface area contributed by atoms with E-state index in [-0.39, 0.29) is 5.54 Å². The van der Waals surface area contributed by atoms with E-state index >= 15 is 0 Å². The third-order valence-electron chi connectivity index (χ3n) is 3.22. The molecular formula is C15H26N2. The third kappa shape index (κ3) is 5.33. The van der Waals surface area contributed by atoms with Crippen LogP contribution in [0.3, 0.4) is 0 Å². The Kier molecular flexibility index (Phi) is 5.66. The monoisotopic (exact) mass is 234 g/mol. The van der Waals surface area contributed by atoms with Crippen LogP contribution >= 0.6 is 0 Å². The van der Waals surface area contributed by atoms with Gasteiger partial charge >= 0.3 is 0 Å². The van der Waals surface area contributed by atoms with E-state index in [0.717, 1.165) is 32.4 Å². The van der Waals surface area contributed by atoms with Crippen LogP contribution in [0.1, 0.15) is 38.3 Å². The van der Waals surface area contributed by atoms with E-state index in [2.05, 4.69) is 50.4 Å². The Morgan fingerprint density at radius 1 is 1.12 bits per heavy atom. The highest BCUT2D eigenvalue weighted by Crippen LogP contribution is 2.08. The molecule has 0 heterocycles. The molecule has 2 nitrogen and oxygen atoms in total. The standard InChI is InChI=1S/C15H26N2/c1-4-13-5-7-14(8-6-13)9-12-17-15(2,3)10-11-16/h5-8,17H,4,9-12,16H2,1-3H3.